The van der Waals surface area contributed by atoms with E-state index in [1.54, 1.807) is 50.6 Å². The van der Waals surface area contributed by atoms with Crippen molar-refractivity contribution in [3.8, 4) is 11.5 Å². The molecule has 2 amide bonds. The van der Waals surface area contributed by atoms with Crippen molar-refractivity contribution in [3.63, 3.8) is 0 Å². The predicted octanol–water partition coefficient (Wildman–Crippen LogP) is 1.75. The summed E-state index contributed by atoms with van der Waals surface area (Å²) < 4.78 is 10.6. The van der Waals surface area contributed by atoms with E-state index in [0.717, 1.165) is 5.56 Å². The first-order valence-electron chi connectivity index (χ1n) is 7.47. The number of carbonyl (C=O) groups is 2. The molecule has 0 heterocycles. The van der Waals surface area contributed by atoms with Crippen molar-refractivity contribution in [3.05, 3.63) is 59.7 Å². The molecule has 0 bridgehead atoms. The van der Waals surface area contributed by atoms with E-state index >= 15 is 0 Å². The second-order valence-corrected chi connectivity index (χ2v) is 4.99. The van der Waals surface area contributed by atoms with Gasteiger partial charge in [0.1, 0.15) is 0 Å². The first kappa shape index (κ1) is 17.3. The lowest BCUT2D eigenvalue weighted by atomic mass is 10.1. The molecule has 24 heavy (non-hydrogen) atoms. The smallest absolute Gasteiger partial charge is 0.258 e. The van der Waals surface area contributed by atoms with Crippen LogP contribution in [0, 0.1) is 0 Å². The van der Waals surface area contributed by atoms with Gasteiger partial charge in [0.25, 0.3) is 11.8 Å². The minimum Gasteiger partial charge on any atom is -0.493 e. The maximum atomic E-state index is 11.9. The zero-order valence-corrected chi connectivity index (χ0v) is 13.7. The van der Waals surface area contributed by atoms with Gasteiger partial charge < -0.3 is 20.1 Å². The number of benzene rings is 2. The molecular weight excluding hydrogens is 308 g/mol. The van der Waals surface area contributed by atoms with Crippen molar-refractivity contribution >= 4 is 11.8 Å². The Bertz CT molecular complexity index is 698. The van der Waals surface area contributed by atoms with E-state index in [2.05, 4.69) is 10.6 Å². The minimum atomic E-state index is -0.240. The van der Waals surface area contributed by atoms with Crippen LogP contribution in [0.15, 0.2) is 48.5 Å². The molecule has 2 N–H and O–H groups in total. The van der Waals surface area contributed by atoms with Gasteiger partial charge in [-0.05, 0) is 29.8 Å². The normalized spacial score (nSPS) is 9.92. The zero-order valence-electron chi connectivity index (χ0n) is 13.7. The fraction of sp³-hybridized carbons (Fsp3) is 0.222. The van der Waals surface area contributed by atoms with Crippen LogP contribution in [0.5, 0.6) is 11.5 Å². The monoisotopic (exact) mass is 328 g/mol. The predicted molar refractivity (Wildman–Crippen MR) is 90.2 cm³/mol. The summed E-state index contributed by atoms with van der Waals surface area (Å²) in [5, 5.41) is 5.32. The van der Waals surface area contributed by atoms with Crippen LogP contribution in [0.1, 0.15) is 15.9 Å². The molecule has 0 fully saturated rings. The van der Waals surface area contributed by atoms with E-state index in [1.165, 1.54) is 0 Å². The Morgan fingerprint density at radius 3 is 2.29 bits per heavy atom. The lowest BCUT2D eigenvalue weighted by molar-refractivity contribution is -0.123. The minimum absolute atomic E-state index is 0.100. The topological polar surface area (TPSA) is 76.7 Å². The number of carbonyl (C=O) groups excluding carboxylic acids is 2. The summed E-state index contributed by atoms with van der Waals surface area (Å²) in [5.74, 6) is 0.715. The van der Waals surface area contributed by atoms with Crippen LogP contribution in [-0.4, -0.2) is 32.6 Å². The van der Waals surface area contributed by atoms with Gasteiger partial charge >= 0.3 is 0 Å². The van der Waals surface area contributed by atoms with Gasteiger partial charge in [-0.15, -0.1) is 0 Å². The SMILES string of the molecule is CNC(=O)c1ccc(CNC(=O)COc2ccccc2OC)cc1. The summed E-state index contributed by atoms with van der Waals surface area (Å²) in [6.45, 7) is 0.263. The van der Waals surface area contributed by atoms with Crippen molar-refractivity contribution < 1.29 is 19.1 Å². The van der Waals surface area contributed by atoms with Gasteiger partial charge in [0.05, 0.1) is 7.11 Å². The molecule has 0 aliphatic carbocycles. The van der Waals surface area contributed by atoms with Crippen molar-refractivity contribution in [1.82, 2.24) is 10.6 Å². The summed E-state index contributed by atoms with van der Waals surface area (Å²) in [7, 11) is 3.13. The number of hydrogen-bond donors (Lipinski definition) is 2. The third-order valence-electron chi connectivity index (χ3n) is 3.36. The maximum Gasteiger partial charge on any atom is 0.258 e. The molecular formula is C18H20N2O4. The number of para-hydroxylation sites is 2. The third kappa shape index (κ3) is 4.74. The van der Waals surface area contributed by atoms with E-state index in [9.17, 15) is 9.59 Å². The van der Waals surface area contributed by atoms with Crippen LogP contribution < -0.4 is 20.1 Å². The fourth-order valence-corrected chi connectivity index (χ4v) is 2.05. The van der Waals surface area contributed by atoms with Gasteiger partial charge in [0, 0.05) is 19.2 Å². The third-order valence-corrected chi connectivity index (χ3v) is 3.36. The number of methoxy groups -OCH3 is 1. The van der Waals surface area contributed by atoms with Crippen molar-refractivity contribution in [2.75, 3.05) is 20.8 Å². The molecule has 0 saturated heterocycles. The molecule has 0 aromatic heterocycles. The molecule has 2 rings (SSSR count). The van der Waals surface area contributed by atoms with Crippen molar-refractivity contribution in [2.24, 2.45) is 0 Å². The second-order valence-electron chi connectivity index (χ2n) is 4.99. The molecule has 2 aromatic carbocycles. The van der Waals surface area contributed by atoms with E-state index in [1.807, 2.05) is 12.1 Å². The Hall–Kier alpha value is -3.02. The maximum absolute atomic E-state index is 11.9. The standard InChI is InChI=1S/C18H20N2O4/c1-19-18(22)14-9-7-13(8-10-14)11-20-17(21)12-24-16-6-4-3-5-15(16)23-2/h3-10H,11-12H2,1-2H3,(H,19,22)(H,20,21). The molecule has 0 spiro atoms. The summed E-state index contributed by atoms with van der Waals surface area (Å²) in [4.78, 5) is 23.3. The second kappa shape index (κ2) is 8.57. The van der Waals surface area contributed by atoms with Gasteiger partial charge in [-0.1, -0.05) is 24.3 Å². The number of rotatable bonds is 7. The van der Waals surface area contributed by atoms with Crippen LogP contribution >= 0.6 is 0 Å². The molecule has 126 valence electrons. The molecule has 0 aliphatic rings. The van der Waals surface area contributed by atoms with E-state index in [4.69, 9.17) is 9.47 Å². The van der Waals surface area contributed by atoms with Crippen molar-refractivity contribution in [1.29, 1.82) is 0 Å². The summed E-state index contributed by atoms with van der Waals surface area (Å²) >= 11 is 0. The highest BCUT2D eigenvalue weighted by Crippen LogP contribution is 2.25. The van der Waals surface area contributed by atoms with Crippen LogP contribution in [-0.2, 0) is 11.3 Å². The van der Waals surface area contributed by atoms with E-state index in [0.29, 0.717) is 23.6 Å². The van der Waals surface area contributed by atoms with E-state index in [-0.39, 0.29) is 18.4 Å². The van der Waals surface area contributed by atoms with Gasteiger partial charge in [0.15, 0.2) is 18.1 Å². The highest BCUT2D eigenvalue weighted by Gasteiger charge is 2.07. The van der Waals surface area contributed by atoms with Crippen LogP contribution in [0.4, 0.5) is 0 Å². The average Bonchev–Trinajstić information content (AvgIpc) is 2.64. The Morgan fingerprint density at radius 2 is 1.67 bits per heavy atom. The Morgan fingerprint density at radius 1 is 1.00 bits per heavy atom. The lowest BCUT2D eigenvalue weighted by Gasteiger charge is -2.10. The van der Waals surface area contributed by atoms with Gasteiger partial charge in [0.2, 0.25) is 0 Å². The molecule has 0 aliphatic heterocycles. The highest BCUT2D eigenvalue weighted by atomic mass is 16.5. The summed E-state index contributed by atoms with van der Waals surface area (Å²) in [6, 6.07) is 14.2. The number of ether oxygens (including phenoxy) is 2. The largest absolute Gasteiger partial charge is 0.493 e. The molecule has 6 nitrogen and oxygen atoms in total. The average molecular weight is 328 g/mol. The van der Waals surface area contributed by atoms with Crippen molar-refractivity contribution in [2.45, 2.75) is 6.54 Å². The van der Waals surface area contributed by atoms with Crippen LogP contribution in [0.25, 0.3) is 0 Å². The summed E-state index contributed by atoms with van der Waals surface area (Å²) in [6.07, 6.45) is 0. The summed E-state index contributed by atoms with van der Waals surface area (Å²) in [5.41, 5.74) is 1.47. The Kier molecular flexibility index (Phi) is 6.19. The Balaban J connectivity index is 1.82. The molecule has 6 heteroatoms. The molecule has 0 atom stereocenters. The van der Waals surface area contributed by atoms with E-state index < -0.39 is 0 Å². The number of amides is 2. The lowest BCUT2D eigenvalue weighted by Crippen LogP contribution is -2.28. The molecule has 0 saturated carbocycles. The zero-order chi connectivity index (χ0) is 17.4. The molecule has 0 radical (unpaired) electrons. The molecule has 2 aromatic rings. The van der Waals surface area contributed by atoms with Gasteiger partial charge in [-0.25, -0.2) is 0 Å². The molecule has 0 unspecified atom stereocenters. The van der Waals surface area contributed by atoms with Gasteiger partial charge in [-0.2, -0.15) is 0 Å². The fourth-order valence-electron chi connectivity index (χ4n) is 2.05. The quantitative estimate of drug-likeness (QED) is 0.812. The highest BCUT2D eigenvalue weighted by molar-refractivity contribution is 5.93. The number of hydrogen-bond acceptors (Lipinski definition) is 4. The first-order chi connectivity index (χ1) is 11.6. The van der Waals surface area contributed by atoms with Crippen LogP contribution in [0.2, 0.25) is 0 Å². The number of nitrogens with one attached hydrogen (secondary N) is 2. The van der Waals surface area contributed by atoms with Gasteiger partial charge in [-0.3, -0.25) is 9.59 Å². The first-order valence-corrected chi connectivity index (χ1v) is 7.47. The Labute approximate surface area is 140 Å². The van der Waals surface area contributed by atoms with Crippen LogP contribution in [0.3, 0.4) is 0 Å².